The van der Waals surface area contributed by atoms with Crippen molar-refractivity contribution in [3.05, 3.63) is 95.1 Å². The van der Waals surface area contributed by atoms with Gasteiger partial charge < -0.3 is 15.0 Å². The number of methoxy groups -OCH3 is 1. The molecule has 31 heavy (non-hydrogen) atoms. The third-order valence-electron chi connectivity index (χ3n) is 5.62. The number of amides is 2. The molecule has 1 N–H and O–H groups in total. The van der Waals surface area contributed by atoms with Crippen LogP contribution in [-0.4, -0.2) is 25.0 Å². The lowest BCUT2D eigenvalue weighted by Gasteiger charge is -2.23. The zero-order valence-electron chi connectivity index (χ0n) is 17.8. The molecule has 0 saturated carbocycles. The largest absolute Gasteiger partial charge is 0.497 e. The summed E-state index contributed by atoms with van der Waals surface area (Å²) in [7, 11) is 1.61. The second-order valence-electron chi connectivity index (χ2n) is 7.86. The van der Waals surface area contributed by atoms with Gasteiger partial charge in [-0.05, 0) is 60.4 Å². The first-order valence-electron chi connectivity index (χ1n) is 10.4. The van der Waals surface area contributed by atoms with Crippen LogP contribution in [0.15, 0.2) is 72.8 Å². The number of nitrogens with zero attached hydrogens (tertiary/aromatic N) is 1. The number of hydrogen-bond donors (Lipinski definition) is 1. The molecule has 0 fully saturated rings. The highest BCUT2D eigenvalue weighted by molar-refractivity contribution is 6.07. The lowest BCUT2D eigenvalue weighted by molar-refractivity contribution is -0.120. The summed E-state index contributed by atoms with van der Waals surface area (Å²) >= 11 is 0. The van der Waals surface area contributed by atoms with Gasteiger partial charge in [0.1, 0.15) is 5.75 Å². The molecule has 1 aliphatic heterocycles. The topological polar surface area (TPSA) is 58.6 Å². The van der Waals surface area contributed by atoms with E-state index in [0.29, 0.717) is 18.5 Å². The van der Waals surface area contributed by atoms with Gasteiger partial charge in [-0.3, -0.25) is 9.59 Å². The number of rotatable bonds is 6. The second-order valence-corrected chi connectivity index (χ2v) is 7.86. The van der Waals surface area contributed by atoms with Crippen LogP contribution in [0.4, 0.5) is 5.69 Å². The molecule has 3 aromatic carbocycles. The van der Waals surface area contributed by atoms with Crippen molar-refractivity contribution in [1.29, 1.82) is 0 Å². The first-order valence-corrected chi connectivity index (χ1v) is 10.4. The average molecular weight is 415 g/mol. The number of benzene rings is 3. The number of carbonyl (C=O) groups is 2. The SMILES string of the molecule is COc1ccc(C(=O)N2c3cc(CNC(=O)Cc4ccccc4)ccc3C[C@@H]2C)cc1. The Labute approximate surface area is 182 Å². The summed E-state index contributed by atoms with van der Waals surface area (Å²) in [4.78, 5) is 27.4. The molecule has 0 aromatic heterocycles. The monoisotopic (exact) mass is 414 g/mol. The fraction of sp³-hybridized carbons (Fsp3) is 0.231. The Morgan fingerprint density at radius 2 is 1.74 bits per heavy atom. The molecule has 0 saturated heterocycles. The Balaban J connectivity index is 1.47. The quantitative estimate of drug-likeness (QED) is 0.659. The lowest BCUT2D eigenvalue weighted by Crippen LogP contribution is -2.35. The highest BCUT2D eigenvalue weighted by Crippen LogP contribution is 2.34. The van der Waals surface area contributed by atoms with Gasteiger partial charge in [-0.25, -0.2) is 0 Å². The van der Waals surface area contributed by atoms with Crippen molar-refractivity contribution < 1.29 is 14.3 Å². The van der Waals surface area contributed by atoms with Crippen LogP contribution in [0.5, 0.6) is 5.75 Å². The van der Waals surface area contributed by atoms with E-state index >= 15 is 0 Å². The summed E-state index contributed by atoms with van der Waals surface area (Å²) < 4.78 is 5.19. The minimum atomic E-state index is -0.0285. The number of carbonyl (C=O) groups excluding carboxylic acids is 2. The molecule has 4 rings (SSSR count). The Kier molecular flexibility index (Phi) is 6.03. The van der Waals surface area contributed by atoms with E-state index in [-0.39, 0.29) is 17.9 Å². The molecule has 0 bridgehead atoms. The Morgan fingerprint density at radius 1 is 1.00 bits per heavy atom. The standard InChI is InChI=1S/C26H26N2O3/c1-18-14-22-9-8-20(17-27-25(29)16-19-6-4-3-5-7-19)15-24(22)28(18)26(30)21-10-12-23(31-2)13-11-21/h3-13,15,18H,14,16-17H2,1-2H3,(H,27,29)/t18-/m0/s1. The highest BCUT2D eigenvalue weighted by Gasteiger charge is 2.31. The number of nitrogens with one attached hydrogen (secondary N) is 1. The number of hydrogen-bond acceptors (Lipinski definition) is 3. The summed E-state index contributed by atoms with van der Waals surface area (Å²) in [6.45, 7) is 2.49. The van der Waals surface area contributed by atoms with Crippen molar-refractivity contribution in [2.24, 2.45) is 0 Å². The lowest BCUT2D eigenvalue weighted by atomic mass is 10.1. The fourth-order valence-corrected chi connectivity index (χ4v) is 3.99. The van der Waals surface area contributed by atoms with Crippen LogP contribution in [-0.2, 0) is 24.2 Å². The van der Waals surface area contributed by atoms with Gasteiger partial charge in [0.15, 0.2) is 0 Å². The molecule has 1 heterocycles. The molecule has 5 nitrogen and oxygen atoms in total. The molecule has 1 atom stereocenters. The van der Waals surface area contributed by atoms with E-state index in [0.717, 1.165) is 34.5 Å². The van der Waals surface area contributed by atoms with Gasteiger partial charge in [0.05, 0.1) is 13.5 Å². The Hall–Kier alpha value is -3.60. The molecule has 0 radical (unpaired) electrons. The Bertz CT molecular complexity index is 1080. The molecule has 0 spiro atoms. The highest BCUT2D eigenvalue weighted by atomic mass is 16.5. The van der Waals surface area contributed by atoms with Crippen molar-refractivity contribution >= 4 is 17.5 Å². The second kappa shape index (κ2) is 9.04. The van der Waals surface area contributed by atoms with Crippen molar-refractivity contribution in [3.8, 4) is 5.75 Å². The maximum atomic E-state index is 13.2. The zero-order valence-corrected chi connectivity index (χ0v) is 17.8. The predicted molar refractivity (Wildman–Crippen MR) is 121 cm³/mol. The Morgan fingerprint density at radius 3 is 2.45 bits per heavy atom. The summed E-state index contributed by atoms with van der Waals surface area (Å²) in [5.41, 5.74) is 4.65. The molecule has 0 aliphatic carbocycles. The van der Waals surface area contributed by atoms with E-state index in [1.807, 2.05) is 47.4 Å². The van der Waals surface area contributed by atoms with Crippen molar-refractivity contribution in [1.82, 2.24) is 5.32 Å². The minimum Gasteiger partial charge on any atom is -0.497 e. The van der Waals surface area contributed by atoms with Crippen molar-refractivity contribution in [2.45, 2.75) is 32.4 Å². The summed E-state index contributed by atoms with van der Waals surface area (Å²) in [6, 6.07) is 23.0. The maximum Gasteiger partial charge on any atom is 0.258 e. The molecule has 3 aromatic rings. The van der Waals surface area contributed by atoms with Crippen LogP contribution < -0.4 is 15.0 Å². The van der Waals surface area contributed by atoms with Crippen LogP contribution in [0.1, 0.15) is 34.0 Å². The third-order valence-corrected chi connectivity index (χ3v) is 5.62. The maximum absolute atomic E-state index is 13.2. The number of anilines is 1. The zero-order chi connectivity index (χ0) is 21.8. The van der Waals surface area contributed by atoms with Gasteiger partial charge in [0.25, 0.3) is 5.91 Å². The van der Waals surface area contributed by atoms with Gasteiger partial charge in [-0.1, -0.05) is 42.5 Å². The average Bonchev–Trinajstić information content (AvgIpc) is 3.13. The van der Waals surface area contributed by atoms with Crippen LogP contribution in [0, 0.1) is 0 Å². The van der Waals surface area contributed by atoms with Crippen molar-refractivity contribution in [2.75, 3.05) is 12.0 Å². The van der Waals surface area contributed by atoms with Crippen LogP contribution in [0.2, 0.25) is 0 Å². The van der Waals surface area contributed by atoms with E-state index < -0.39 is 0 Å². The predicted octanol–water partition coefficient (Wildman–Crippen LogP) is 4.15. The van der Waals surface area contributed by atoms with Crippen LogP contribution >= 0.6 is 0 Å². The fourth-order valence-electron chi connectivity index (χ4n) is 3.99. The number of fused-ring (bicyclic) bond motifs is 1. The van der Waals surface area contributed by atoms with E-state index in [4.69, 9.17) is 4.74 Å². The summed E-state index contributed by atoms with van der Waals surface area (Å²) in [6.07, 6.45) is 1.17. The molecule has 158 valence electrons. The smallest absolute Gasteiger partial charge is 0.258 e. The van der Waals surface area contributed by atoms with E-state index in [1.165, 1.54) is 0 Å². The van der Waals surface area contributed by atoms with E-state index in [2.05, 4.69) is 18.3 Å². The van der Waals surface area contributed by atoms with Crippen LogP contribution in [0.3, 0.4) is 0 Å². The summed E-state index contributed by atoms with van der Waals surface area (Å²) in [5.74, 6) is 0.672. The first kappa shape index (κ1) is 20.7. The molecule has 1 aliphatic rings. The van der Waals surface area contributed by atoms with Crippen LogP contribution in [0.25, 0.3) is 0 Å². The molecular weight excluding hydrogens is 388 g/mol. The van der Waals surface area contributed by atoms with Gasteiger partial charge in [-0.15, -0.1) is 0 Å². The molecule has 2 amide bonds. The van der Waals surface area contributed by atoms with Gasteiger partial charge in [-0.2, -0.15) is 0 Å². The first-order chi connectivity index (χ1) is 15.0. The van der Waals surface area contributed by atoms with Gasteiger partial charge in [0, 0.05) is 23.8 Å². The van der Waals surface area contributed by atoms with E-state index in [9.17, 15) is 9.59 Å². The molecular formula is C26H26N2O3. The normalized spacial score (nSPS) is 14.8. The molecule has 0 unspecified atom stereocenters. The van der Waals surface area contributed by atoms with Crippen molar-refractivity contribution in [3.63, 3.8) is 0 Å². The van der Waals surface area contributed by atoms with Gasteiger partial charge in [0.2, 0.25) is 5.91 Å². The molecule has 5 heteroatoms. The number of ether oxygens (including phenoxy) is 1. The minimum absolute atomic E-state index is 0.0220. The van der Waals surface area contributed by atoms with Gasteiger partial charge >= 0.3 is 0 Å². The summed E-state index contributed by atoms with van der Waals surface area (Å²) in [5, 5.41) is 2.98. The third kappa shape index (κ3) is 4.61. The van der Waals surface area contributed by atoms with E-state index in [1.54, 1.807) is 31.4 Å².